The van der Waals surface area contributed by atoms with Crippen molar-refractivity contribution in [1.29, 1.82) is 0 Å². The molecule has 4 rings (SSSR count). The lowest BCUT2D eigenvalue weighted by molar-refractivity contribution is 0.206. The van der Waals surface area contributed by atoms with Gasteiger partial charge in [0.2, 0.25) is 0 Å². The summed E-state index contributed by atoms with van der Waals surface area (Å²) in [6, 6.07) is 13.6. The van der Waals surface area contributed by atoms with Crippen LogP contribution in [0, 0.1) is 5.82 Å². The molecule has 0 radical (unpaired) electrons. The smallest absolute Gasteiger partial charge is 0.252 e. The van der Waals surface area contributed by atoms with Gasteiger partial charge in [-0.25, -0.2) is 9.07 Å². The van der Waals surface area contributed by atoms with Crippen molar-refractivity contribution in [1.82, 2.24) is 30.1 Å². The van der Waals surface area contributed by atoms with E-state index in [4.69, 9.17) is 4.74 Å². The molecule has 0 aliphatic rings. The Bertz CT molecular complexity index is 1290. The predicted molar refractivity (Wildman–Crippen MR) is 125 cm³/mol. The first-order valence-electron chi connectivity index (χ1n) is 11.2. The van der Waals surface area contributed by atoms with Crippen molar-refractivity contribution in [3.8, 4) is 5.75 Å². The first kappa shape index (κ1) is 23.5. The van der Waals surface area contributed by atoms with Crippen LogP contribution in [0.3, 0.4) is 0 Å². The Labute approximate surface area is 195 Å². The number of aromatic amines is 1. The van der Waals surface area contributed by atoms with E-state index in [2.05, 4.69) is 20.5 Å². The van der Waals surface area contributed by atoms with E-state index in [1.54, 1.807) is 16.8 Å². The highest BCUT2D eigenvalue weighted by Crippen LogP contribution is 2.20. The summed E-state index contributed by atoms with van der Waals surface area (Å²) >= 11 is 0. The highest BCUT2D eigenvalue weighted by Gasteiger charge is 2.15. The van der Waals surface area contributed by atoms with Crippen molar-refractivity contribution in [2.45, 2.75) is 33.0 Å². The van der Waals surface area contributed by atoms with E-state index in [1.165, 1.54) is 12.1 Å². The summed E-state index contributed by atoms with van der Waals surface area (Å²) in [4.78, 5) is 17.7. The average molecular weight is 467 g/mol. The number of H-pyrrole nitrogens is 1. The number of aliphatic hydroxyl groups excluding tert-OH is 1. The van der Waals surface area contributed by atoms with E-state index in [0.717, 1.165) is 22.2 Å². The molecular weight excluding hydrogens is 439 g/mol. The molecule has 2 aromatic heterocycles. The third-order valence-electron chi connectivity index (χ3n) is 5.45. The number of hydrogen-bond acceptors (Lipinski definition) is 7. The SMILES string of the molecule is CCOc1ccc2[nH]c(=O)c(CN(CCCO)Cc3nnnn3Cc3ccc(F)cc3)cc2c1. The normalized spacial score (nSPS) is 11.4. The van der Waals surface area contributed by atoms with Crippen LogP contribution in [0.2, 0.25) is 0 Å². The zero-order chi connectivity index (χ0) is 23.9. The molecule has 178 valence electrons. The maximum atomic E-state index is 13.2. The first-order valence-corrected chi connectivity index (χ1v) is 11.2. The molecule has 4 aromatic rings. The van der Waals surface area contributed by atoms with Crippen LogP contribution >= 0.6 is 0 Å². The number of tetrazole rings is 1. The van der Waals surface area contributed by atoms with Crippen LogP contribution in [0.5, 0.6) is 5.75 Å². The number of halogens is 1. The summed E-state index contributed by atoms with van der Waals surface area (Å²) in [5.41, 5.74) is 2.03. The molecule has 2 aromatic carbocycles. The van der Waals surface area contributed by atoms with Crippen LogP contribution < -0.4 is 10.3 Å². The van der Waals surface area contributed by atoms with Gasteiger partial charge in [-0.2, -0.15) is 0 Å². The molecule has 0 spiro atoms. The number of aromatic nitrogens is 5. The number of benzene rings is 2. The molecule has 9 nitrogen and oxygen atoms in total. The molecule has 0 amide bonds. The molecule has 34 heavy (non-hydrogen) atoms. The largest absolute Gasteiger partial charge is 0.494 e. The Balaban J connectivity index is 1.55. The summed E-state index contributed by atoms with van der Waals surface area (Å²) in [6.45, 7) is 4.19. The van der Waals surface area contributed by atoms with Crippen LogP contribution in [-0.4, -0.2) is 55.0 Å². The lowest BCUT2D eigenvalue weighted by Gasteiger charge is -2.21. The Hall–Kier alpha value is -3.63. The Morgan fingerprint density at radius 3 is 2.74 bits per heavy atom. The predicted octanol–water partition coefficient (Wildman–Crippen LogP) is 2.49. The molecule has 0 fully saturated rings. The van der Waals surface area contributed by atoms with Crippen LogP contribution in [0.15, 0.2) is 53.3 Å². The second-order valence-electron chi connectivity index (χ2n) is 7.97. The molecule has 2 N–H and O–H groups in total. The third kappa shape index (κ3) is 5.83. The number of pyridine rings is 1. The zero-order valence-electron chi connectivity index (χ0n) is 18.9. The minimum atomic E-state index is -0.301. The number of rotatable bonds is 11. The third-order valence-corrected chi connectivity index (χ3v) is 5.45. The quantitative estimate of drug-likeness (QED) is 0.350. The molecule has 0 unspecified atom stereocenters. The van der Waals surface area contributed by atoms with Crippen molar-refractivity contribution >= 4 is 10.9 Å². The molecule has 0 saturated carbocycles. The monoisotopic (exact) mass is 466 g/mol. The maximum Gasteiger partial charge on any atom is 0.252 e. The van der Waals surface area contributed by atoms with Crippen molar-refractivity contribution in [3.63, 3.8) is 0 Å². The average Bonchev–Trinajstić information content (AvgIpc) is 3.26. The summed E-state index contributed by atoms with van der Waals surface area (Å²) < 4.78 is 20.5. The van der Waals surface area contributed by atoms with E-state index in [0.29, 0.717) is 50.6 Å². The summed E-state index contributed by atoms with van der Waals surface area (Å²) in [7, 11) is 0. The molecule has 0 saturated heterocycles. The van der Waals surface area contributed by atoms with E-state index < -0.39 is 0 Å². The Morgan fingerprint density at radius 1 is 1.15 bits per heavy atom. The van der Waals surface area contributed by atoms with Gasteiger partial charge in [0.1, 0.15) is 11.6 Å². The molecule has 0 atom stereocenters. The molecule has 2 heterocycles. The van der Waals surface area contributed by atoms with Crippen molar-refractivity contribution in [3.05, 3.63) is 81.7 Å². The van der Waals surface area contributed by atoms with Gasteiger partial charge < -0.3 is 14.8 Å². The topological polar surface area (TPSA) is 109 Å². The van der Waals surface area contributed by atoms with Gasteiger partial charge in [0.05, 0.1) is 19.7 Å². The van der Waals surface area contributed by atoms with Crippen LogP contribution in [-0.2, 0) is 19.6 Å². The van der Waals surface area contributed by atoms with Crippen molar-refractivity contribution in [2.75, 3.05) is 19.8 Å². The second kappa shape index (κ2) is 11.0. The van der Waals surface area contributed by atoms with Gasteiger partial charge >= 0.3 is 0 Å². The standard InChI is InChI=1S/C24H27FN6O3/c1-2-34-21-8-9-22-18(13-21)12-19(24(33)26-22)15-30(10-3-11-32)16-23-27-28-29-31(23)14-17-4-6-20(25)7-5-17/h4-9,12-13,32H,2-3,10-11,14-16H2,1H3,(H,26,33). The van der Waals surface area contributed by atoms with Gasteiger partial charge in [0, 0.05) is 36.2 Å². The second-order valence-corrected chi connectivity index (χ2v) is 7.97. The fourth-order valence-electron chi connectivity index (χ4n) is 3.78. The fraction of sp³-hybridized carbons (Fsp3) is 0.333. The van der Waals surface area contributed by atoms with E-state index in [9.17, 15) is 14.3 Å². The van der Waals surface area contributed by atoms with Gasteiger partial charge in [0.25, 0.3) is 5.56 Å². The van der Waals surface area contributed by atoms with Gasteiger partial charge in [0.15, 0.2) is 5.82 Å². The van der Waals surface area contributed by atoms with Gasteiger partial charge in [-0.1, -0.05) is 12.1 Å². The maximum absolute atomic E-state index is 13.2. The molecule has 0 aliphatic carbocycles. The van der Waals surface area contributed by atoms with E-state index in [-0.39, 0.29) is 18.0 Å². The number of aliphatic hydroxyl groups is 1. The zero-order valence-corrected chi connectivity index (χ0v) is 18.9. The van der Waals surface area contributed by atoms with Crippen LogP contribution in [0.4, 0.5) is 4.39 Å². The highest BCUT2D eigenvalue weighted by atomic mass is 19.1. The number of nitrogens with one attached hydrogen (secondary N) is 1. The van der Waals surface area contributed by atoms with E-state index in [1.807, 2.05) is 36.1 Å². The molecule has 10 heteroatoms. The number of hydrogen-bond donors (Lipinski definition) is 2. The molecule has 0 bridgehead atoms. The van der Waals surface area contributed by atoms with Crippen LogP contribution in [0.1, 0.15) is 30.3 Å². The lowest BCUT2D eigenvalue weighted by Crippen LogP contribution is -2.29. The summed E-state index contributed by atoms with van der Waals surface area (Å²) in [6.07, 6.45) is 0.541. The summed E-state index contributed by atoms with van der Waals surface area (Å²) in [5.74, 6) is 1.05. The number of ether oxygens (including phenoxy) is 1. The van der Waals surface area contributed by atoms with Gasteiger partial charge in [-0.15, -0.1) is 5.10 Å². The summed E-state index contributed by atoms with van der Waals surface area (Å²) in [5, 5.41) is 22.3. The minimum absolute atomic E-state index is 0.0306. The number of nitrogens with zero attached hydrogens (tertiary/aromatic N) is 5. The Kier molecular flexibility index (Phi) is 7.61. The molecular formula is C24H27FN6O3. The van der Waals surface area contributed by atoms with E-state index >= 15 is 0 Å². The lowest BCUT2D eigenvalue weighted by atomic mass is 10.1. The van der Waals surface area contributed by atoms with Gasteiger partial charge in [-0.3, -0.25) is 9.69 Å². The molecule has 0 aliphatic heterocycles. The first-order chi connectivity index (χ1) is 16.6. The van der Waals surface area contributed by atoms with Crippen molar-refractivity contribution < 1.29 is 14.2 Å². The fourth-order valence-corrected chi connectivity index (χ4v) is 3.78. The Morgan fingerprint density at radius 2 is 1.97 bits per heavy atom. The van der Waals surface area contributed by atoms with Crippen molar-refractivity contribution in [2.24, 2.45) is 0 Å². The number of fused-ring (bicyclic) bond motifs is 1. The van der Waals surface area contributed by atoms with Crippen LogP contribution in [0.25, 0.3) is 10.9 Å². The van der Waals surface area contributed by atoms with Gasteiger partial charge in [-0.05, 0) is 65.7 Å². The highest BCUT2D eigenvalue weighted by molar-refractivity contribution is 5.80. The minimum Gasteiger partial charge on any atom is -0.494 e.